The van der Waals surface area contributed by atoms with Crippen molar-refractivity contribution in [1.29, 1.82) is 0 Å². The molecule has 0 bridgehead atoms. The van der Waals surface area contributed by atoms with Gasteiger partial charge in [0.2, 0.25) is 5.91 Å². The molecule has 0 saturated heterocycles. The van der Waals surface area contributed by atoms with E-state index >= 15 is 0 Å². The predicted molar refractivity (Wildman–Crippen MR) is 131 cm³/mol. The van der Waals surface area contributed by atoms with Gasteiger partial charge in [0.05, 0.1) is 12.2 Å². The second-order valence-electron chi connectivity index (χ2n) is 9.04. The first-order valence-corrected chi connectivity index (χ1v) is 11.6. The first-order chi connectivity index (χ1) is 15.8. The maximum atomic E-state index is 13.4. The molecule has 1 aliphatic heterocycles. The number of imidazole rings is 1. The molecule has 2 amide bonds. The van der Waals surface area contributed by atoms with Crippen LogP contribution in [0.3, 0.4) is 0 Å². The van der Waals surface area contributed by atoms with Crippen molar-refractivity contribution >= 4 is 17.5 Å². The van der Waals surface area contributed by atoms with Gasteiger partial charge in [-0.25, -0.2) is 4.98 Å². The lowest BCUT2D eigenvalue weighted by Crippen LogP contribution is -2.35. The van der Waals surface area contributed by atoms with Crippen LogP contribution in [0, 0.1) is 20.8 Å². The van der Waals surface area contributed by atoms with Crippen molar-refractivity contribution < 1.29 is 9.59 Å². The lowest BCUT2D eigenvalue weighted by Gasteiger charge is -2.18. The standard InChI is InChI=1S/C27H32N4O2/c1-18-15-19(2)24(20(3)16-18)28-23(32)17-30(4)27(33)25-22-13-9-6-10-14-31(22)26(29-25)21-11-7-5-8-12-21/h5,7-8,11-12,15-16H,6,9-10,13-14,17H2,1-4H3,(H,28,32). The molecule has 4 rings (SSSR count). The Hall–Kier alpha value is -3.41. The zero-order valence-electron chi connectivity index (χ0n) is 19.9. The van der Waals surface area contributed by atoms with Crippen molar-refractivity contribution in [2.45, 2.75) is 53.0 Å². The van der Waals surface area contributed by atoms with E-state index in [1.165, 1.54) is 4.90 Å². The first kappa shape index (κ1) is 22.8. The fourth-order valence-electron chi connectivity index (χ4n) is 4.72. The monoisotopic (exact) mass is 444 g/mol. The molecule has 1 N–H and O–H groups in total. The fourth-order valence-corrected chi connectivity index (χ4v) is 4.72. The Bertz CT molecular complexity index is 1160. The van der Waals surface area contributed by atoms with E-state index in [0.717, 1.165) is 71.7 Å². The smallest absolute Gasteiger partial charge is 0.274 e. The van der Waals surface area contributed by atoms with Gasteiger partial charge in [0, 0.05) is 24.8 Å². The van der Waals surface area contributed by atoms with E-state index in [1.807, 2.05) is 63.2 Å². The number of benzene rings is 2. The zero-order chi connectivity index (χ0) is 23.5. The highest BCUT2D eigenvalue weighted by Gasteiger charge is 2.27. The van der Waals surface area contributed by atoms with Gasteiger partial charge in [-0.05, 0) is 51.2 Å². The fraction of sp³-hybridized carbons (Fsp3) is 0.370. The van der Waals surface area contributed by atoms with Crippen LogP contribution in [0.4, 0.5) is 5.69 Å². The van der Waals surface area contributed by atoms with Crippen molar-refractivity contribution in [3.05, 3.63) is 70.5 Å². The number of amides is 2. The van der Waals surface area contributed by atoms with Crippen LogP contribution in [0.25, 0.3) is 11.4 Å². The van der Waals surface area contributed by atoms with Gasteiger partial charge in [0.15, 0.2) is 0 Å². The van der Waals surface area contributed by atoms with Crippen LogP contribution in [-0.2, 0) is 17.8 Å². The molecular weight excluding hydrogens is 412 g/mol. The zero-order valence-corrected chi connectivity index (χ0v) is 19.9. The highest BCUT2D eigenvalue weighted by Crippen LogP contribution is 2.28. The summed E-state index contributed by atoms with van der Waals surface area (Å²) in [6, 6.07) is 14.1. The highest BCUT2D eigenvalue weighted by molar-refractivity contribution is 5.99. The van der Waals surface area contributed by atoms with E-state index < -0.39 is 0 Å². The molecule has 0 spiro atoms. The lowest BCUT2D eigenvalue weighted by molar-refractivity contribution is -0.116. The molecule has 33 heavy (non-hydrogen) atoms. The van der Waals surface area contributed by atoms with Crippen LogP contribution in [-0.4, -0.2) is 39.9 Å². The summed E-state index contributed by atoms with van der Waals surface area (Å²) in [7, 11) is 1.67. The Labute approximate surface area is 195 Å². The van der Waals surface area contributed by atoms with Crippen molar-refractivity contribution in [2.24, 2.45) is 0 Å². The molecule has 0 radical (unpaired) electrons. The normalized spacial score (nSPS) is 13.2. The number of hydrogen-bond acceptors (Lipinski definition) is 3. The van der Waals surface area contributed by atoms with Gasteiger partial charge in [-0.1, -0.05) is 54.4 Å². The third kappa shape index (κ3) is 4.85. The summed E-state index contributed by atoms with van der Waals surface area (Å²) in [4.78, 5) is 32.5. The number of carbonyl (C=O) groups is 2. The number of nitrogens with zero attached hydrogens (tertiary/aromatic N) is 3. The van der Waals surface area contributed by atoms with E-state index in [4.69, 9.17) is 4.98 Å². The van der Waals surface area contributed by atoms with E-state index in [2.05, 4.69) is 9.88 Å². The van der Waals surface area contributed by atoms with Gasteiger partial charge in [-0.2, -0.15) is 0 Å². The van der Waals surface area contributed by atoms with Gasteiger partial charge in [-0.3, -0.25) is 9.59 Å². The molecule has 0 atom stereocenters. The van der Waals surface area contributed by atoms with Crippen LogP contribution >= 0.6 is 0 Å². The SMILES string of the molecule is Cc1cc(C)c(NC(=O)CN(C)C(=O)c2nc(-c3ccccc3)n3c2CCCCC3)c(C)c1. The molecular formula is C27H32N4O2. The highest BCUT2D eigenvalue weighted by atomic mass is 16.2. The summed E-state index contributed by atoms with van der Waals surface area (Å²) < 4.78 is 2.20. The third-order valence-electron chi connectivity index (χ3n) is 6.27. The average molecular weight is 445 g/mol. The van der Waals surface area contributed by atoms with E-state index in [-0.39, 0.29) is 18.4 Å². The Morgan fingerprint density at radius 3 is 2.42 bits per heavy atom. The van der Waals surface area contributed by atoms with E-state index in [0.29, 0.717) is 5.69 Å². The van der Waals surface area contributed by atoms with Gasteiger partial charge in [0.25, 0.3) is 5.91 Å². The molecule has 1 aromatic heterocycles. The first-order valence-electron chi connectivity index (χ1n) is 11.6. The Morgan fingerprint density at radius 1 is 1.03 bits per heavy atom. The minimum Gasteiger partial charge on any atom is -0.331 e. The molecule has 0 unspecified atom stereocenters. The molecule has 172 valence electrons. The van der Waals surface area contributed by atoms with Gasteiger partial charge >= 0.3 is 0 Å². The second kappa shape index (κ2) is 9.61. The average Bonchev–Trinajstić information content (AvgIpc) is 2.96. The Kier molecular flexibility index (Phi) is 6.63. The molecule has 2 aromatic carbocycles. The van der Waals surface area contributed by atoms with Crippen LogP contribution in [0.5, 0.6) is 0 Å². The summed E-state index contributed by atoms with van der Waals surface area (Å²) >= 11 is 0. The van der Waals surface area contributed by atoms with Crippen molar-refractivity contribution in [2.75, 3.05) is 18.9 Å². The minimum atomic E-state index is -0.213. The van der Waals surface area contributed by atoms with Crippen molar-refractivity contribution in [1.82, 2.24) is 14.5 Å². The number of aryl methyl sites for hydroxylation is 3. The lowest BCUT2D eigenvalue weighted by atomic mass is 10.1. The summed E-state index contributed by atoms with van der Waals surface area (Å²) in [5, 5.41) is 2.99. The van der Waals surface area contributed by atoms with E-state index in [1.54, 1.807) is 7.05 Å². The number of hydrogen-bond donors (Lipinski definition) is 1. The topological polar surface area (TPSA) is 67.2 Å². The summed E-state index contributed by atoms with van der Waals surface area (Å²) in [6.45, 7) is 6.83. The molecule has 3 aromatic rings. The number of nitrogens with one attached hydrogen (secondary N) is 1. The van der Waals surface area contributed by atoms with Gasteiger partial charge < -0.3 is 14.8 Å². The quantitative estimate of drug-likeness (QED) is 0.608. The summed E-state index contributed by atoms with van der Waals surface area (Å²) in [5.41, 5.74) is 6.45. The number of aromatic nitrogens is 2. The van der Waals surface area contributed by atoms with Crippen LogP contribution in [0.15, 0.2) is 42.5 Å². The molecule has 6 nitrogen and oxygen atoms in total. The molecule has 0 saturated carbocycles. The summed E-state index contributed by atoms with van der Waals surface area (Å²) in [6.07, 6.45) is 4.07. The summed E-state index contributed by atoms with van der Waals surface area (Å²) in [5.74, 6) is 0.407. The number of carbonyl (C=O) groups excluding carboxylic acids is 2. The van der Waals surface area contributed by atoms with Crippen LogP contribution in [0.2, 0.25) is 0 Å². The molecule has 0 aliphatic carbocycles. The van der Waals surface area contributed by atoms with E-state index in [9.17, 15) is 9.59 Å². The molecule has 0 fully saturated rings. The third-order valence-corrected chi connectivity index (χ3v) is 6.27. The minimum absolute atomic E-state index is 0.0292. The maximum absolute atomic E-state index is 13.4. The molecule has 2 heterocycles. The molecule has 6 heteroatoms. The Balaban J connectivity index is 1.56. The van der Waals surface area contributed by atoms with Crippen molar-refractivity contribution in [3.8, 4) is 11.4 Å². The Morgan fingerprint density at radius 2 is 1.73 bits per heavy atom. The van der Waals surface area contributed by atoms with Gasteiger partial charge in [0.1, 0.15) is 11.5 Å². The number of fused-ring (bicyclic) bond motifs is 1. The predicted octanol–water partition coefficient (Wildman–Crippen LogP) is 4.91. The second-order valence-corrected chi connectivity index (χ2v) is 9.04. The number of likely N-dealkylation sites (N-methyl/N-ethyl adjacent to an activating group) is 1. The number of anilines is 1. The largest absolute Gasteiger partial charge is 0.331 e. The maximum Gasteiger partial charge on any atom is 0.274 e. The number of rotatable bonds is 5. The molecule has 1 aliphatic rings. The van der Waals surface area contributed by atoms with Crippen LogP contribution < -0.4 is 5.32 Å². The van der Waals surface area contributed by atoms with Crippen LogP contribution in [0.1, 0.15) is 52.1 Å². The van der Waals surface area contributed by atoms with Gasteiger partial charge in [-0.15, -0.1) is 0 Å². The van der Waals surface area contributed by atoms with Crippen molar-refractivity contribution in [3.63, 3.8) is 0 Å².